The Morgan fingerprint density at radius 3 is 2.56 bits per heavy atom. The average Bonchev–Trinajstić information content (AvgIpc) is 3.32. The topological polar surface area (TPSA) is 97.2 Å². The molecule has 11 heteroatoms. The Balaban J connectivity index is 1.60. The van der Waals surface area contributed by atoms with Crippen LogP contribution in [-0.2, 0) is 12.6 Å². The molecule has 4 aromatic rings. The summed E-state index contributed by atoms with van der Waals surface area (Å²) in [5.41, 5.74) is 2.34. The highest BCUT2D eigenvalue weighted by molar-refractivity contribution is 7.13. The maximum Gasteiger partial charge on any atom is 0.416 e. The van der Waals surface area contributed by atoms with Gasteiger partial charge in [-0.3, -0.25) is 15.1 Å². The molecular weight excluding hydrogens is 469 g/mol. The van der Waals surface area contributed by atoms with Crippen LogP contribution < -0.4 is 10.1 Å². The summed E-state index contributed by atoms with van der Waals surface area (Å²) in [5.74, 6) is -0.537. The zero-order chi connectivity index (χ0) is 24.1. The van der Waals surface area contributed by atoms with Crippen molar-refractivity contribution >= 4 is 22.4 Å². The fourth-order valence-corrected chi connectivity index (χ4v) is 3.52. The van der Waals surface area contributed by atoms with E-state index < -0.39 is 17.6 Å². The fourth-order valence-electron chi connectivity index (χ4n) is 3.08. The van der Waals surface area contributed by atoms with Crippen molar-refractivity contribution in [3.05, 3.63) is 83.0 Å². The van der Waals surface area contributed by atoms with Gasteiger partial charge < -0.3 is 9.84 Å². The van der Waals surface area contributed by atoms with Gasteiger partial charge in [0.2, 0.25) is 5.13 Å². The van der Waals surface area contributed by atoms with E-state index in [0.717, 1.165) is 40.8 Å². The highest BCUT2D eigenvalue weighted by Crippen LogP contribution is 2.35. The Labute approximate surface area is 195 Å². The second kappa shape index (κ2) is 9.98. The number of carbonyl (C=O) groups is 1. The number of carbonyl (C=O) groups excluding carboxylic acids is 1. The molecule has 2 aromatic heterocycles. The van der Waals surface area contributed by atoms with E-state index in [1.54, 1.807) is 24.3 Å². The number of ether oxygens (including phenoxy) is 1. The van der Waals surface area contributed by atoms with Crippen LogP contribution in [0.3, 0.4) is 0 Å². The molecule has 2 aromatic carbocycles. The van der Waals surface area contributed by atoms with Gasteiger partial charge in [0, 0.05) is 24.3 Å². The number of alkyl halides is 3. The van der Waals surface area contributed by atoms with E-state index in [1.807, 2.05) is 18.2 Å². The Hall–Kier alpha value is -3.83. The van der Waals surface area contributed by atoms with E-state index in [4.69, 9.17) is 9.84 Å². The van der Waals surface area contributed by atoms with Crippen LogP contribution >= 0.6 is 11.3 Å². The summed E-state index contributed by atoms with van der Waals surface area (Å²) in [7, 11) is 0. The molecule has 174 valence electrons. The van der Waals surface area contributed by atoms with Gasteiger partial charge >= 0.3 is 6.18 Å². The van der Waals surface area contributed by atoms with Crippen molar-refractivity contribution in [2.75, 3.05) is 11.9 Å². The molecule has 1 amide bonds. The molecule has 0 aliphatic rings. The molecule has 0 radical (unpaired) electrons. The first kappa shape index (κ1) is 23.3. The minimum Gasteiger partial charge on any atom is -0.457 e. The maximum atomic E-state index is 13.2. The normalized spacial score (nSPS) is 11.3. The number of halogens is 3. The largest absolute Gasteiger partial charge is 0.457 e. The van der Waals surface area contributed by atoms with Gasteiger partial charge in [0.15, 0.2) is 0 Å². The van der Waals surface area contributed by atoms with Crippen LogP contribution in [0.1, 0.15) is 21.6 Å². The van der Waals surface area contributed by atoms with Crippen molar-refractivity contribution in [2.24, 2.45) is 0 Å². The van der Waals surface area contributed by atoms with E-state index in [9.17, 15) is 18.0 Å². The minimum atomic E-state index is -4.63. The molecule has 2 N–H and O–H groups in total. The average molecular weight is 486 g/mol. The summed E-state index contributed by atoms with van der Waals surface area (Å²) in [6.07, 6.45) is -4.19. The van der Waals surface area contributed by atoms with Gasteiger partial charge in [0.25, 0.3) is 5.91 Å². The lowest BCUT2D eigenvalue weighted by Crippen LogP contribution is -2.15. The number of anilines is 1. The number of amides is 1. The Bertz CT molecular complexity index is 1280. The first-order valence-corrected chi connectivity index (χ1v) is 10.9. The number of nitrogens with zero attached hydrogens (tertiary/aromatic N) is 3. The van der Waals surface area contributed by atoms with Crippen molar-refractivity contribution in [1.82, 2.24) is 15.2 Å². The van der Waals surface area contributed by atoms with Crippen LogP contribution in [0.15, 0.2) is 66.2 Å². The lowest BCUT2D eigenvalue weighted by atomic mass is 10.1. The number of pyridine rings is 1. The predicted molar refractivity (Wildman–Crippen MR) is 120 cm³/mol. The van der Waals surface area contributed by atoms with Crippen LogP contribution in [0.5, 0.6) is 11.5 Å². The van der Waals surface area contributed by atoms with Crippen molar-refractivity contribution < 1.29 is 27.8 Å². The van der Waals surface area contributed by atoms with E-state index in [1.165, 1.54) is 5.51 Å². The molecule has 34 heavy (non-hydrogen) atoms. The number of aromatic nitrogens is 3. The number of aliphatic hydroxyl groups excluding tert-OH is 1. The van der Waals surface area contributed by atoms with E-state index in [-0.39, 0.29) is 23.1 Å². The molecule has 0 unspecified atom stereocenters. The fraction of sp³-hybridized carbons (Fsp3) is 0.130. The van der Waals surface area contributed by atoms with Gasteiger partial charge in [-0.25, -0.2) is 0 Å². The Morgan fingerprint density at radius 1 is 1.09 bits per heavy atom. The molecule has 2 heterocycles. The molecule has 0 spiro atoms. The zero-order valence-corrected chi connectivity index (χ0v) is 18.2. The zero-order valence-electron chi connectivity index (χ0n) is 17.4. The predicted octanol–water partition coefficient (Wildman–Crippen LogP) is 5.20. The van der Waals surface area contributed by atoms with E-state index >= 15 is 0 Å². The summed E-state index contributed by atoms with van der Waals surface area (Å²) in [4.78, 5) is 17.2. The summed E-state index contributed by atoms with van der Waals surface area (Å²) in [6.45, 7) is -0.00860. The van der Waals surface area contributed by atoms with Crippen molar-refractivity contribution in [3.63, 3.8) is 0 Å². The Kier molecular flexibility index (Phi) is 6.85. The number of hydrogen-bond donors (Lipinski definition) is 2. The van der Waals surface area contributed by atoms with Gasteiger partial charge in [-0.2, -0.15) is 13.2 Å². The number of nitrogens with one attached hydrogen (secondary N) is 1. The maximum absolute atomic E-state index is 13.2. The molecule has 0 bridgehead atoms. The molecule has 0 atom stereocenters. The third kappa shape index (κ3) is 5.56. The standard InChI is InChI=1S/C23H17F3N4O3S/c24-23(25,26)15-6-9-20(18(12-15)21(32)29-22-30-27-13-34-22)33-17-7-4-14(5-8-17)19-3-1-2-16(28-19)10-11-31/h1-9,12-13,31H,10-11H2,(H,29,30,32). The monoisotopic (exact) mass is 486 g/mol. The van der Waals surface area contributed by atoms with E-state index in [2.05, 4.69) is 20.5 Å². The molecule has 0 fully saturated rings. The molecule has 0 aliphatic heterocycles. The van der Waals surface area contributed by atoms with Gasteiger partial charge in [0.1, 0.15) is 17.0 Å². The van der Waals surface area contributed by atoms with Crippen LogP contribution in [-0.4, -0.2) is 32.8 Å². The highest BCUT2D eigenvalue weighted by atomic mass is 32.1. The first-order chi connectivity index (χ1) is 16.3. The summed E-state index contributed by atoms with van der Waals surface area (Å²) >= 11 is 1.03. The third-order valence-electron chi connectivity index (χ3n) is 4.68. The second-order valence-corrected chi connectivity index (χ2v) is 7.85. The smallest absolute Gasteiger partial charge is 0.416 e. The summed E-state index contributed by atoms with van der Waals surface area (Å²) < 4.78 is 45.5. The lowest BCUT2D eigenvalue weighted by Gasteiger charge is -2.14. The van der Waals surface area contributed by atoms with Crippen molar-refractivity contribution in [2.45, 2.75) is 12.6 Å². The quantitative estimate of drug-likeness (QED) is 0.373. The molecule has 0 saturated carbocycles. The van der Waals surface area contributed by atoms with Gasteiger partial charge in [0.05, 0.1) is 16.8 Å². The van der Waals surface area contributed by atoms with Gasteiger partial charge in [-0.05, 0) is 54.6 Å². The third-order valence-corrected chi connectivity index (χ3v) is 5.29. The van der Waals surface area contributed by atoms with Gasteiger partial charge in [-0.1, -0.05) is 17.4 Å². The van der Waals surface area contributed by atoms with Crippen LogP contribution in [0, 0.1) is 0 Å². The number of aliphatic hydroxyl groups is 1. The number of hydrogen-bond acceptors (Lipinski definition) is 7. The SMILES string of the molecule is O=C(Nc1nncs1)c1cc(C(F)(F)F)ccc1Oc1ccc(-c2cccc(CCO)n2)cc1. The summed E-state index contributed by atoms with van der Waals surface area (Å²) in [5, 5.41) is 18.9. The Morgan fingerprint density at radius 2 is 1.88 bits per heavy atom. The number of rotatable bonds is 7. The van der Waals surface area contributed by atoms with Gasteiger partial charge in [-0.15, -0.1) is 10.2 Å². The van der Waals surface area contributed by atoms with Crippen molar-refractivity contribution in [1.29, 1.82) is 0 Å². The van der Waals surface area contributed by atoms with Crippen LogP contribution in [0.25, 0.3) is 11.3 Å². The summed E-state index contributed by atoms with van der Waals surface area (Å²) in [6, 6.07) is 14.9. The molecule has 4 rings (SSSR count). The minimum absolute atomic E-state index is 0.00860. The molecule has 0 aliphatic carbocycles. The van der Waals surface area contributed by atoms with E-state index in [0.29, 0.717) is 17.9 Å². The van der Waals surface area contributed by atoms with Crippen LogP contribution in [0.2, 0.25) is 0 Å². The molecule has 7 nitrogen and oxygen atoms in total. The van der Waals surface area contributed by atoms with Crippen molar-refractivity contribution in [3.8, 4) is 22.8 Å². The molecule has 0 saturated heterocycles. The highest BCUT2D eigenvalue weighted by Gasteiger charge is 2.32. The number of benzene rings is 2. The second-order valence-electron chi connectivity index (χ2n) is 7.02. The van der Waals surface area contributed by atoms with Crippen LogP contribution in [0.4, 0.5) is 18.3 Å². The first-order valence-electron chi connectivity index (χ1n) is 9.97. The lowest BCUT2D eigenvalue weighted by molar-refractivity contribution is -0.137. The molecular formula is C23H17F3N4O3S.